The molecular weight excluding hydrogens is 374 g/mol. The van der Waals surface area contributed by atoms with Gasteiger partial charge in [-0.1, -0.05) is 28.1 Å². The van der Waals surface area contributed by atoms with Crippen LogP contribution >= 0.6 is 15.9 Å². The number of benzene rings is 1. The molecule has 2 aromatic rings. The van der Waals surface area contributed by atoms with Gasteiger partial charge >= 0.3 is 5.97 Å². The number of likely N-dealkylation sites (N-methyl/N-ethyl adjacent to an activating group) is 1. The summed E-state index contributed by atoms with van der Waals surface area (Å²) < 4.78 is 11.8. The minimum Gasteiger partial charge on any atom is -0.459 e. The molecule has 24 heavy (non-hydrogen) atoms. The fraction of sp³-hybridized carbons (Fsp3) is 0.333. The van der Waals surface area contributed by atoms with E-state index in [-0.39, 0.29) is 24.4 Å². The Hall–Kier alpha value is -2.08. The summed E-state index contributed by atoms with van der Waals surface area (Å²) >= 11 is 3.40. The van der Waals surface area contributed by atoms with Crippen molar-refractivity contribution in [2.45, 2.75) is 19.4 Å². The maximum absolute atomic E-state index is 12.0. The Bertz CT molecular complexity index is 734. The van der Waals surface area contributed by atoms with Gasteiger partial charge in [-0.25, -0.2) is 0 Å². The van der Waals surface area contributed by atoms with Crippen molar-refractivity contribution in [1.29, 1.82) is 0 Å². The molecule has 0 saturated heterocycles. The molecule has 3 rings (SSSR count). The number of hydrogen-bond acceptors (Lipinski definition) is 4. The van der Waals surface area contributed by atoms with Gasteiger partial charge in [0.25, 0.3) is 5.91 Å². The lowest BCUT2D eigenvalue weighted by Crippen LogP contribution is -2.30. The van der Waals surface area contributed by atoms with Crippen molar-refractivity contribution in [2.75, 3.05) is 13.7 Å². The predicted molar refractivity (Wildman–Crippen MR) is 92.0 cm³/mol. The molecule has 1 heterocycles. The van der Waals surface area contributed by atoms with Gasteiger partial charge in [0.1, 0.15) is 11.5 Å². The van der Waals surface area contributed by atoms with Crippen LogP contribution < -0.4 is 0 Å². The smallest absolute Gasteiger partial charge is 0.309 e. The van der Waals surface area contributed by atoms with Crippen molar-refractivity contribution in [3.63, 3.8) is 0 Å². The predicted octanol–water partition coefficient (Wildman–Crippen LogP) is 3.62. The molecule has 1 amide bonds. The van der Waals surface area contributed by atoms with Crippen LogP contribution in [0.4, 0.5) is 0 Å². The lowest BCUT2D eigenvalue weighted by Gasteiger charge is -2.15. The standard InChI is InChI=1S/C18H18BrNO4/c1-20(17(21)11-23-18(22)13-2-3-13)10-15-8-9-16(24-15)12-4-6-14(19)7-5-12/h4-9,13H,2-3,10-11H2,1H3. The minimum absolute atomic E-state index is 0.00153. The zero-order valence-corrected chi connectivity index (χ0v) is 14.9. The molecule has 1 saturated carbocycles. The third-order valence-corrected chi connectivity index (χ3v) is 4.39. The van der Waals surface area contributed by atoms with Crippen molar-refractivity contribution in [3.05, 3.63) is 46.6 Å². The molecule has 6 heteroatoms. The summed E-state index contributed by atoms with van der Waals surface area (Å²) in [6, 6.07) is 11.5. The molecule has 0 spiro atoms. The van der Waals surface area contributed by atoms with E-state index < -0.39 is 0 Å². The quantitative estimate of drug-likeness (QED) is 0.705. The van der Waals surface area contributed by atoms with Crippen LogP contribution in [0.2, 0.25) is 0 Å². The molecule has 1 aromatic carbocycles. The molecule has 5 nitrogen and oxygen atoms in total. The number of amides is 1. The Balaban J connectivity index is 1.54. The molecule has 1 fully saturated rings. The zero-order chi connectivity index (χ0) is 17.1. The maximum Gasteiger partial charge on any atom is 0.309 e. The largest absolute Gasteiger partial charge is 0.459 e. The van der Waals surface area contributed by atoms with Gasteiger partial charge in [-0.05, 0) is 37.1 Å². The number of rotatable bonds is 6. The highest BCUT2D eigenvalue weighted by Gasteiger charge is 2.31. The fourth-order valence-corrected chi connectivity index (χ4v) is 2.50. The highest BCUT2D eigenvalue weighted by molar-refractivity contribution is 9.10. The third kappa shape index (κ3) is 4.26. The summed E-state index contributed by atoms with van der Waals surface area (Å²) in [5, 5.41) is 0. The van der Waals surface area contributed by atoms with Crippen molar-refractivity contribution in [1.82, 2.24) is 4.90 Å². The lowest BCUT2D eigenvalue weighted by atomic mass is 10.2. The number of hydrogen-bond donors (Lipinski definition) is 0. The first-order chi connectivity index (χ1) is 11.5. The molecule has 1 aliphatic carbocycles. The van der Waals surface area contributed by atoms with E-state index in [1.165, 1.54) is 4.90 Å². The van der Waals surface area contributed by atoms with E-state index >= 15 is 0 Å². The van der Waals surface area contributed by atoms with Crippen LogP contribution in [-0.4, -0.2) is 30.4 Å². The summed E-state index contributed by atoms with van der Waals surface area (Å²) in [6.07, 6.45) is 1.74. The van der Waals surface area contributed by atoms with Gasteiger partial charge in [-0.3, -0.25) is 9.59 Å². The van der Waals surface area contributed by atoms with E-state index in [9.17, 15) is 9.59 Å². The normalized spacial score (nSPS) is 13.6. The van der Waals surface area contributed by atoms with Gasteiger partial charge in [0.05, 0.1) is 12.5 Å². The number of esters is 1. The SMILES string of the molecule is CN(Cc1ccc(-c2ccc(Br)cc2)o1)C(=O)COC(=O)C1CC1. The molecule has 1 aromatic heterocycles. The summed E-state index contributed by atoms with van der Waals surface area (Å²) in [5.41, 5.74) is 0.969. The maximum atomic E-state index is 12.0. The summed E-state index contributed by atoms with van der Waals surface area (Å²) in [5.74, 6) is 0.912. The first-order valence-electron chi connectivity index (χ1n) is 7.78. The van der Waals surface area contributed by atoms with Crippen LogP contribution in [-0.2, 0) is 20.9 Å². The van der Waals surface area contributed by atoms with Gasteiger partial charge in [-0.15, -0.1) is 0 Å². The van der Waals surface area contributed by atoms with Crippen molar-refractivity contribution < 1.29 is 18.7 Å². The van der Waals surface area contributed by atoms with Crippen molar-refractivity contribution in [2.24, 2.45) is 5.92 Å². The Labute approximate surface area is 148 Å². The first-order valence-corrected chi connectivity index (χ1v) is 8.57. The van der Waals surface area contributed by atoms with E-state index in [1.54, 1.807) is 7.05 Å². The molecular formula is C18H18BrNO4. The van der Waals surface area contributed by atoms with E-state index in [4.69, 9.17) is 9.15 Å². The average molecular weight is 392 g/mol. The molecule has 0 radical (unpaired) electrons. The molecule has 0 unspecified atom stereocenters. The number of carbonyl (C=O) groups is 2. The number of furan rings is 1. The second-order valence-corrected chi connectivity index (χ2v) is 6.82. The van der Waals surface area contributed by atoms with Crippen molar-refractivity contribution in [3.8, 4) is 11.3 Å². The Morgan fingerprint density at radius 2 is 1.92 bits per heavy atom. The third-order valence-electron chi connectivity index (χ3n) is 3.86. The molecule has 0 bridgehead atoms. The van der Waals surface area contributed by atoms with E-state index in [0.717, 1.165) is 28.6 Å². The summed E-state index contributed by atoms with van der Waals surface area (Å²) in [4.78, 5) is 25.0. The molecule has 126 valence electrons. The average Bonchev–Trinajstić information content (AvgIpc) is 3.33. The number of carbonyl (C=O) groups excluding carboxylic acids is 2. The Morgan fingerprint density at radius 3 is 2.58 bits per heavy atom. The molecule has 0 atom stereocenters. The van der Waals surface area contributed by atoms with Crippen molar-refractivity contribution >= 4 is 27.8 Å². The highest BCUT2D eigenvalue weighted by atomic mass is 79.9. The van der Waals surface area contributed by atoms with Crippen LogP contribution in [0.5, 0.6) is 0 Å². The number of nitrogens with zero attached hydrogens (tertiary/aromatic N) is 1. The summed E-state index contributed by atoms with van der Waals surface area (Å²) in [6.45, 7) is 0.114. The monoisotopic (exact) mass is 391 g/mol. The van der Waals surface area contributed by atoms with E-state index in [1.807, 2.05) is 36.4 Å². The van der Waals surface area contributed by atoms with Gasteiger partial charge in [-0.2, -0.15) is 0 Å². The Kier molecular flexibility index (Phi) is 5.04. The summed E-state index contributed by atoms with van der Waals surface area (Å²) in [7, 11) is 1.66. The Morgan fingerprint density at radius 1 is 1.21 bits per heavy atom. The van der Waals surface area contributed by atoms with Gasteiger partial charge in [0.2, 0.25) is 0 Å². The van der Waals surface area contributed by atoms with Crippen LogP contribution in [0.1, 0.15) is 18.6 Å². The highest BCUT2D eigenvalue weighted by Crippen LogP contribution is 2.30. The topological polar surface area (TPSA) is 59.8 Å². The van der Waals surface area contributed by atoms with E-state index in [0.29, 0.717) is 12.3 Å². The zero-order valence-electron chi connectivity index (χ0n) is 13.3. The second kappa shape index (κ2) is 7.21. The van der Waals surface area contributed by atoms with Crippen LogP contribution in [0.25, 0.3) is 11.3 Å². The van der Waals surface area contributed by atoms with Gasteiger partial charge in [0.15, 0.2) is 6.61 Å². The molecule has 0 aliphatic heterocycles. The second-order valence-electron chi connectivity index (χ2n) is 5.90. The van der Waals surface area contributed by atoms with Crippen LogP contribution in [0, 0.1) is 5.92 Å². The van der Waals surface area contributed by atoms with Crippen LogP contribution in [0.15, 0.2) is 45.3 Å². The number of halogens is 1. The van der Waals surface area contributed by atoms with Gasteiger partial charge < -0.3 is 14.1 Å². The fourth-order valence-electron chi connectivity index (χ4n) is 2.23. The lowest BCUT2D eigenvalue weighted by molar-refractivity contribution is -0.152. The number of ether oxygens (including phenoxy) is 1. The van der Waals surface area contributed by atoms with Crippen LogP contribution in [0.3, 0.4) is 0 Å². The first kappa shape index (κ1) is 16.8. The molecule has 1 aliphatic rings. The van der Waals surface area contributed by atoms with Gasteiger partial charge in [0, 0.05) is 17.1 Å². The van der Waals surface area contributed by atoms with E-state index in [2.05, 4.69) is 15.9 Å². The minimum atomic E-state index is -0.271. The molecule has 0 N–H and O–H groups in total.